The van der Waals surface area contributed by atoms with Crippen molar-refractivity contribution in [3.63, 3.8) is 0 Å². The molecule has 0 amide bonds. The van der Waals surface area contributed by atoms with E-state index in [1.807, 2.05) is 0 Å². The Morgan fingerprint density at radius 1 is 1.05 bits per heavy atom. The number of ether oxygens (including phenoxy) is 1. The first kappa shape index (κ1) is 17.2. The highest BCUT2D eigenvalue weighted by Gasteiger charge is 2.40. The molecule has 1 heterocycles. The monoisotopic (exact) mass is 296 g/mol. The van der Waals surface area contributed by atoms with Crippen molar-refractivity contribution < 1.29 is 4.74 Å². The molecule has 0 aromatic carbocycles. The molecule has 3 heteroatoms. The van der Waals surface area contributed by atoms with Crippen LogP contribution < -0.4 is 5.32 Å². The van der Waals surface area contributed by atoms with E-state index in [0.717, 1.165) is 19.6 Å². The Labute approximate surface area is 131 Å². The lowest BCUT2D eigenvalue weighted by atomic mass is 9.83. The van der Waals surface area contributed by atoms with Crippen molar-refractivity contribution in [3.05, 3.63) is 0 Å². The van der Waals surface area contributed by atoms with Gasteiger partial charge in [-0.05, 0) is 53.4 Å². The van der Waals surface area contributed by atoms with Crippen LogP contribution in [0.2, 0.25) is 0 Å². The van der Waals surface area contributed by atoms with Gasteiger partial charge in [0.1, 0.15) is 0 Å². The van der Waals surface area contributed by atoms with Crippen LogP contribution in [0.1, 0.15) is 72.6 Å². The SMILES string of the molecule is CC(C)N(CCNCC1CCC2(CCCCC2)O1)C(C)C. The van der Waals surface area contributed by atoms with Crippen LogP contribution in [-0.2, 0) is 4.74 Å². The number of hydrogen-bond donors (Lipinski definition) is 1. The van der Waals surface area contributed by atoms with Crippen molar-refractivity contribution in [2.45, 2.75) is 96.4 Å². The topological polar surface area (TPSA) is 24.5 Å². The fourth-order valence-corrected chi connectivity index (χ4v) is 4.19. The van der Waals surface area contributed by atoms with E-state index in [4.69, 9.17) is 4.74 Å². The number of nitrogens with one attached hydrogen (secondary N) is 1. The summed E-state index contributed by atoms with van der Waals surface area (Å²) in [5.41, 5.74) is 0.270. The maximum Gasteiger partial charge on any atom is 0.0708 e. The van der Waals surface area contributed by atoms with E-state index in [1.165, 1.54) is 44.9 Å². The van der Waals surface area contributed by atoms with Gasteiger partial charge in [-0.2, -0.15) is 0 Å². The van der Waals surface area contributed by atoms with Gasteiger partial charge in [0.05, 0.1) is 11.7 Å². The second-order valence-electron chi connectivity index (χ2n) is 7.65. The Balaban J connectivity index is 1.63. The highest BCUT2D eigenvalue weighted by molar-refractivity contribution is 4.91. The second-order valence-corrected chi connectivity index (χ2v) is 7.65. The first-order valence-corrected chi connectivity index (χ1v) is 9.17. The first-order valence-electron chi connectivity index (χ1n) is 9.17. The van der Waals surface area contributed by atoms with Gasteiger partial charge in [-0.25, -0.2) is 0 Å². The van der Waals surface area contributed by atoms with Crippen LogP contribution in [-0.4, -0.2) is 48.3 Å². The molecule has 0 aromatic rings. The molecule has 3 nitrogen and oxygen atoms in total. The molecule has 2 aliphatic rings. The minimum atomic E-state index is 0.270. The average molecular weight is 296 g/mol. The molecule has 1 unspecified atom stereocenters. The quantitative estimate of drug-likeness (QED) is 0.727. The third-order valence-electron chi connectivity index (χ3n) is 5.35. The molecule has 1 aliphatic heterocycles. The fraction of sp³-hybridized carbons (Fsp3) is 1.00. The highest BCUT2D eigenvalue weighted by Crippen LogP contribution is 2.41. The Morgan fingerprint density at radius 3 is 2.33 bits per heavy atom. The standard InChI is InChI=1S/C18H36N2O/c1-15(2)20(16(3)4)13-12-19-14-17-8-11-18(21-17)9-6-5-7-10-18/h15-17,19H,5-14H2,1-4H3. The maximum atomic E-state index is 6.42. The Kier molecular flexibility index (Phi) is 6.51. The molecule has 1 atom stereocenters. The molecule has 21 heavy (non-hydrogen) atoms. The normalized spacial score (nSPS) is 25.6. The average Bonchev–Trinajstić information content (AvgIpc) is 2.81. The van der Waals surface area contributed by atoms with Gasteiger partial charge >= 0.3 is 0 Å². The predicted molar refractivity (Wildman–Crippen MR) is 89.8 cm³/mol. The van der Waals surface area contributed by atoms with E-state index in [2.05, 4.69) is 37.9 Å². The lowest BCUT2D eigenvalue weighted by Crippen LogP contribution is -2.42. The summed E-state index contributed by atoms with van der Waals surface area (Å²) in [5, 5.41) is 3.62. The van der Waals surface area contributed by atoms with Crippen LogP contribution in [0, 0.1) is 0 Å². The van der Waals surface area contributed by atoms with E-state index >= 15 is 0 Å². The number of nitrogens with zero attached hydrogens (tertiary/aromatic N) is 1. The molecule has 0 aromatic heterocycles. The lowest BCUT2D eigenvalue weighted by molar-refractivity contribution is -0.0624. The number of hydrogen-bond acceptors (Lipinski definition) is 3. The van der Waals surface area contributed by atoms with Gasteiger partial charge in [-0.15, -0.1) is 0 Å². The molecule has 0 bridgehead atoms. The maximum absolute atomic E-state index is 6.42. The zero-order chi connectivity index (χ0) is 15.3. The van der Waals surface area contributed by atoms with Crippen LogP contribution in [0.4, 0.5) is 0 Å². The van der Waals surface area contributed by atoms with Gasteiger partial charge in [0.2, 0.25) is 0 Å². The molecule has 1 saturated heterocycles. The molecule has 124 valence electrons. The zero-order valence-corrected chi connectivity index (χ0v) is 14.7. The third-order valence-corrected chi connectivity index (χ3v) is 5.35. The first-order chi connectivity index (χ1) is 10.0. The minimum absolute atomic E-state index is 0.270. The number of rotatable bonds is 7. The molecular formula is C18H36N2O. The van der Waals surface area contributed by atoms with Crippen LogP contribution in [0.3, 0.4) is 0 Å². The predicted octanol–water partition coefficient (Wildman–Crippen LogP) is 3.58. The van der Waals surface area contributed by atoms with Crippen LogP contribution >= 0.6 is 0 Å². The molecule has 2 rings (SSSR count). The molecule has 1 spiro atoms. The molecule has 0 radical (unpaired) electrons. The summed E-state index contributed by atoms with van der Waals surface area (Å²) in [7, 11) is 0. The van der Waals surface area contributed by atoms with Gasteiger partial charge in [-0.1, -0.05) is 19.3 Å². The van der Waals surface area contributed by atoms with Gasteiger partial charge in [0.25, 0.3) is 0 Å². The van der Waals surface area contributed by atoms with Crippen molar-refractivity contribution in [3.8, 4) is 0 Å². The summed E-state index contributed by atoms with van der Waals surface area (Å²) >= 11 is 0. The highest BCUT2D eigenvalue weighted by atomic mass is 16.5. The van der Waals surface area contributed by atoms with Crippen molar-refractivity contribution >= 4 is 0 Å². The summed E-state index contributed by atoms with van der Waals surface area (Å²) in [5.74, 6) is 0. The van der Waals surface area contributed by atoms with E-state index in [0.29, 0.717) is 18.2 Å². The fourth-order valence-electron chi connectivity index (χ4n) is 4.19. The van der Waals surface area contributed by atoms with Crippen molar-refractivity contribution in [1.82, 2.24) is 10.2 Å². The van der Waals surface area contributed by atoms with Crippen LogP contribution in [0.15, 0.2) is 0 Å². The van der Waals surface area contributed by atoms with E-state index in [9.17, 15) is 0 Å². The zero-order valence-electron chi connectivity index (χ0n) is 14.7. The second kappa shape index (κ2) is 7.94. The summed E-state index contributed by atoms with van der Waals surface area (Å²) < 4.78 is 6.42. The van der Waals surface area contributed by atoms with E-state index in [-0.39, 0.29) is 5.60 Å². The summed E-state index contributed by atoms with van der Waals surface area (Å²) in [6.07, 6.45) is 9.77. The molecule has 2 fully saturated rings. The van der Waals surface area contributed by atoms with Gasteiger partial charge in [0, 0.05) is 31.7 Å². The molecular weight excluding hydrogens is 260 g/mol. The van der Waals surface area contributed by atoms with Gasteiger partial charge in [-0.3, -0.25) is 4.90 Å². The van der Waals surface area contributed by atoms with Crippen LogP contribution in [0.25, 0.3) is 0 Å². The van der Waals surface area contributed by atoms with Gasteiger partial charge in [0.15, 0.2) is 0 Å². The van der Waals surface area contributed by atoms with E-state index < -0.39 is 0 Å². The summed E-state index contributed by atoms with van der Waals surface area (Å²) in [4.78, 5) is 2.55. The Bertz CT molecular complexity index is 290. The summed E-state index contributed by atoms with van der Waals surface area (Å²) in [6, 6.07) is 1.25. The summed E-state index contributed by atoms with van der Waals surface area (Å²) in [6.45, 7) is 12.4. The van der Waals surface area contributed by atoms with Crippen molar-refractivity contribution in [1.29, 1.82) is 0 Å². The van der Waals surface area contributed by atoms with Crippen molar-refractivity contribution in [2.75, 3.05) is 19.6 Å². The third kappa shape index (κ3) is 4.94. The van der Waals surface area contributed by atoms with Gasteiger partial charge < -0.3 is 10.1 Å². The van der Waals surface area contributed by atoms with Crippen LogP contribution in [0.5, 0.6) is 0 Å². The Morgan fingerprint density at radius 2 is 1.71 bits per heavy atom. The van der Waals surface area contributed by atoms with Crippen molar-refractivity contribution in [2.24, 2.45) is 0 Å². The molecule has 1 N–H and O–H groups in total. The Hall–Kier alpha value is -0.120. The molecule has 1 saturated carbocycles. The minimum Gasteiger partial charge on any atom is -0.370 e. The largest absolute Gasteiger partial charge is 0.370 e. The smallest absolute Gasteiger partial charge is 0.0708 e. The lowest BCUT2D eigenvalue weighted by Gasteiger charge is -2.33. The van der Waals surface area contributed by atoms with E-state index in [1.54, 1.807) is 0 Å². The molecule has 1 aliphatic carbocycles.